The maximum Gasteiger partial charge on any atom is 0.163 e. The first-order valence-corrected chi connectivity index (χ1v) is 6.19. The lowest BCUT2D eigenvalue weighted by molar-refractivity contribution is 0.156. The first kappa shape index (κ1) is 11.2. The van der Waals surface area contributed by atoms with E-state index in [2.05, 4.69) is 10.1 Å². The predicted octanol–water partition coefficient (Wildman–Crippen LogP) is 2.68. The van der Waals surface area contributed by atoms with Crippen LogP contribution in [0.4, 0.5) is 5.69 Å². The van der Waals surface area contributed by atoms with Crippen LogP contribution in [0.2, 0.25) is 0 Å². The standard InChI is InChI=1S/C12H11N3O2S/c1-16-6-8-5-10(15-17-8)12-14-9-3-2-7(13)4-11(9)18-12/h2-5H,6,13H2,1H3. The van der Waals surface area contributed by atoms with Crippen LogP contribution in [-0.4, -0.2) is 17.3 Å². The number of nitrogens with zero attached hydrogens (tertiary/aromatic N) is 2. The van der Waals surface area contributed by atoms with Crippen LogP contribution in [-0.2, 0) is 11.3 Å². The van der Waals surface area contributed by atoms with Gasteiger partial charge in [0, 0.05) is 18.9 Å². The number of benzene rings is 1. The van der Waals surface area contributed by atoms with E-state index in [4.69, 9.17) is 15.0 Å². The molecule has 0 saturated carbocycles. The smallest absolute Gasteiger partial charge is 0.163 e. The second kappa shape index (κ2) is 4.40. The number of nitrogens with two attached hydrogens (primary N) is 1. The largest absolute Gasteiger partial charge is 0.399 e. The number of anilines is 1. The third-order valence-corrected chi connectivity index (χ3v) is 3.52. The number of nitrogen functional groups attached to an aromatic ring is 1. The zero-order chi connectivity index (χ0) is 12.5. The minimum atomic E-state index is 0.408. The van der Waals surface area contributed by atoms with E-state index >= 15 is 0 Å². The Morgan fingerprint density at radius 3 is 3.11 bits per heavy atom. The fourth-order valence-corrected chi connectivity index (χ4v) is 2.64. The summed E-state index contributed by atoms with van der Waals surface area (Å²) in [5.41, 5.74) is 8.12. The zero-order valence-corrected chi connectivity index (χ0v) is 10.5. The quantitative estimate of drug-likeness (QED) is 0.734. The number of hydrogen-bond acceptors (Lipinski definition) is 6. The van der Waals surface area contributed by atoms with Gasteiger partial charge in [-0.2, -0.15) is 0 Å². The van der Waals surface area contributed by atoms with Gasteiger partial charge in [0.1, 0.15) is 17.3 Å². The molecule has 2 heterocycles. The van der Waals surface area contributed by atoms with Gasteiger partial charge in [-0.15, -0.1) is 11.3 Å². The molecular weight excluding hydrogens is 250 g/mol. The summed E-state index contributed by atoms with van der Waals surface area (Å²) in [7, 11) is 1.61. The van der Waals surface area contributed by atoms with Crippen LogP contribution in [0.25, 0.3) is 20.9 Å². The van der Waals surface area contributed by atoms with Crippen molar-refractivity contribution in [2.45, 2.75) is 6.61 Å². The van der Waals surface area contributed by atoms with Gasteiger partial charge in [-0.1, -0.05) is 5.16 Å². The topological polar surface area (TPSA) is 74.2 Å². The maximum atomic E-state index is 5.74. The summed E-state index contributed by atoms with van der Waals surface area (Å²) >= 11 is 1.54. The van der Waals surface area contributed by atoms with Crippen molar-refractivity contribution in [2.24, 2.45) is 0 Å². The van der Waals surface area contributed by atoms with Gasteiger partial charge in [-0.25, -0.2) is 4.98 Å². The molecular formula is C12H11N3O2S. The highest BCUT2D eigenvalue weighted by atomic mass is 32.1. The summed E-state index contributed by atoms with van der Waals surface area (Å²) in [6, 6.07) is 7.49. The summed E-state index contributed by atoms with van der Waals surface area (Å²) in [6.07, 6.45) is 0. The van der Waals surface area contributed by atoms with Crippen molar-refractivity contribution >= 4 is 27.2 Å². The molecule has 5 nitrogen and oxygen atoms in total. The number of ether oxygens (including phenoxy) is 1. The Kier molecular flexibility index (Phi) is 2.73. The zero-order valence-electron chi connectivity index (χ0n) is 9.71. The van der Waals surface area contributed by atoms with Crippen LogP contribution in [0.1, 0.15) is 5.76 Å². The molecule has 3 aromatic rings. The Labute approximate surface area is 107 Å². The second-order valence-corrected chi connectivity index (χ2v) is 4.89. The molecule has 92 valence electrons. The Morgan fingerprint density at radius 2 is 2.28 bits per heavy atom. The van der Waals surface area contributed by atoms with Gasteiger partial charge >= 0.3 is 0 Å². The van der Waals surface area contributed by atoms with Crippen molar-refractivity contribution in [3.8, 4) is 10.7 Å². The molecule has 0 unspecified atom stereocenters. The number of aromatic nitrogens is 2. The molecule has 0 aliphatic carbocycles. The first-order valence-electron chi connectivity index (χ1n) is 5.37. The van der Waals surface area contributed by atoms with Crippen LogP contribution in [0.15, 0.2) is 28.8 Å². The molecule has 0 fully saturated rings. The Hall–Kier alpha value is -1.92. The van der Waals surface area contributed by atoms with E-state index in [1.54, 1.807) is 18.4 Å². The van der Waals surface area contributed by atoms with E-state index in [-0.39, 0.29) is 0 Å². The fraction of sp³-hybridized carbons (Fsp3) is 0.167. The highest BCUT2D eigenvalue weighted by molar-refractivity contribution is 7.21. The van der Waals surface area contributed by atoms with Crippen LogP contribution < -0.4 is 5.73 Å². The molecule has 0 atom stereocenters. The van der Waals surface area contributed by atoms with Crippen LogP contribution in [0.5, 0.6) is 0 Å². The van der Waals surface area contributed by atoms with Gasteiger partial charge in [0.15, 0.2) is 5.76 Å². The Bertz CT molecular complexity index is 690. The van der Waals surface area contributed by atoms with Gasteiger partial charge in [0.05, 0.1) is 10.2 Å². The molecule has 0 aliphatic heterocycles. The molecule has 0 spiro atoms. The van der Waals surface area contributed by atoms with Gasteiger partial charge < -0.3 is 15.0 Å². The van der Waals surface area contributed by atoms with Crippen molar-refractivity contribution < 1.29 is 9.26 Å². The molecule has 0 amide bonds. The van der Waals surface area contributed by atoms with E-state index < -0.39 is 0 Å². The monoisotopic (exact) mass is 261 g/mol. The van der Waals surface area contributed by atoms with Gasteiger partial charge in [-0.3, -0.25) is 0 Å². The summed E-state index contributed by atoms with van der Waals surface area (Å²) in [4.78, 5) is 4.50. The summed E-state index contributed by atoms with van der Waals surface area (Å²) < 4.78 is 11.2. The van der Waals surface area contributed by atoms with Crippen molar-refractivity contribution in [2.75, 3.05) is 12.8 Å². The number of thiazole rings is 1. The molecule has 2 N–H and O–H groups in total. The van der Waals surface area contributed by atoms with E-state index in [0.717, 1.165) is 26.6 Å². The summed E-state index contributed by atoms with van der Waals surface area (Å²) in [5.74, 6) is 0.686. The Balaban J connectivity index is 2.02. The highest BCUT2D eigenvalue weighted by Crippen LogP contribution is 2.30. The number of rotatable bonds is 3. The van der Waals surface area contributed by atoms with Crippen molar-refractivity contribution in [3.63, 3.8) is 0 Å². The highest BCUT2D eigenvalue weighted by Gasteiger charge is 2.11. The van der Waals surface area contributed by atoms with Gasteiger partial charge in [0.25, 0.3) is 0 Å². The summed E-state index contributed by atoms with van der Waals surface area (Å²) in [5, 5.41) is 4.81. The molecule has 3 rings (SSSR count). The van der Waals surface area contributed by atoms with Crippen molar-refractivity contribution in [1.29, 1.82) is 0 Å². The average molecular weight is 261 g/mol. The minimum absolute atomic E-state index is 0.408. The molecule has 0 bridgehead atoms. The molecule has 0 radical (unpaired) electrons. The number of fused-ring (bicyclic) bond motifs is 1. The lowest BCUT2D eigenvalue weighted by Gasteiger charge is -1.89. The normalized spacial score (nSPS) is 11.2. The van der Waals surface area contributed by atoms with Crippen LogP contribution in [0, 0.1) is 0 Å². The number of methoxy groups -OCH3 is 1. The second-order valence-electron chi connectivity index (χ2n) is 3.86. The average Bonchev–Trinajstić information content (AvgIpc) is 2.94. The van der Waals surface area contributed by atoms with Crippen LogP contribution in [0.3, 0.4) is 0 Å². The third-order valence-electron chi connectivity index (χ3n) is 2.48. The summed E-state index contributed by atoms with van der Waals surface area (Å²) in [6.45, 7) is 0.408. The molecule has 2 aromatic heterocycles. The minimum Gasteiger partial charge on any atom is -0.399 e. The van der Waals surface area contributed by atoms with Crippen molar-refractivity contribution in [3.05, 3.63) is 30.0 Å². The van der Waals surface area contributed by atoms with E-state index in [1.165, 1.54) is 0 Å². The first-order chi connectivity index (χ1) is 8.76. The number of hydrogen-bond donors (Lipinski definition) is 1. The Morgan fingerprint density at radius 1 is 1.39 bits per heavy atom. The van der Waals surface area contributed by atoms with E-state index in [9.17, 15) is 0 Å². The van der Waals surface area contributed by atoms with Gasteiger partial charge in [-0.05, 0) is 18.2 Å². The maximum absolute atomic E-state index is 5.74. The van der Waals surface area contributed by atoms with Crippen LogP contribution >= 0.6 is 11.3 Å². The molecule has 6 heteroatoms. The third kappa shape index (κ3) is 1.96. The fourth-order valence-electron chi connectivity index (χ4n) is 1.67. The lowest BCUT2D eigenvalue weighted by atomic mass is 10.3. The SMILES string of the molecule is COCc1cc(-c2nc3ccc(N)cc3s2)no1. The lowest BCUT2D eigenvalue weighted by Crippen LogP contribution is -1.82. The molecule has 18 heavy (non-hydrogen) atoms. The van der Waals surface area contributed by atoms with E-state index in [0.29, 0.717) is 12.4 Å². The molecule has 1 aromatic carbocycles. The van der Waals surface area contributed by atoms with E-state index in [1.807, 2.05) is 24.3 Å². The molecule has 0 saturated heterocycles. The van der Waals surface area contributed by atoms with Gasteiger partial charge in [0.2, 0.25) is 0 Å². The molecule has 0 aliphatic rings. The van der Waals surface area contributed by atoms with Crippen molar-refractivity contribution in [1.82, 2.24) is 10.1 Å². The predicted molar refractivity (Wildman–Crippen MR) is 70.2 cm³/mol.